The Kier molecular flexibility index (Phi) is 3.69. The number of amides is 1. The highest BCUT2D eigenvalue weighted by Crippen LogP contribution is 2.27. The fourth-order valence-electron chi connectivity index (χ4n) is 2.19. The highest BCUT2D eigenvalue weighted by Gasteiger charge is 2.34. The maximum absolute atomic E-state index is 12.2. The van der Waals surface area contributed by atoms with Crippen LogP contribution in [0.1, 0.15) is 24.1 Å². The van der Waals surface area contributed by atoms with Crippen molar-refractivity contribution in [3.63, 3.8) is 0 Å². The number of H-pyrrole nitrogens is 1. The number of anilines is 1. The van der Waals surface area contributed by atoms with Gasteiger partial charge in [-0.2, -0.15) is 5.10 Å². The van der Waals surface area contributed by atoms with E-state index in [0.717, 1.165) is 11.3 Å². The normalized spacial score (nSPS) is 22.2. The molecule has 1 aromatic heterocycles. The second-order valence-electron chi connectivity index (χ2n) is 4.81. The number of aromatic amines is 1. The summed E-state index contributed by atoms with van der Waals surface area (Å²) < 4.78 is 0. The van der Waals surface area contributed by atoms with Gasteiger partial charge in [-0.15, -0.1) is 0 Å². The molecule has 1 aromatic rings. The van der Waals surface area contributed by atoms with E-state index in [1.165, 1.54) is 0 Å². The van der Waals surface area contributed by atoms with Gasteiger partial charge in [0.1, 0.15) is 0 Å². The predicted molar refractivity (Wildman–Crippen MR) is 69.7 cm³/mol. The summed E-state index contributed by atoms with van der Waals surface area (Å²) in [6.45, 7) is 3.71. The van der Waals surface area contributed by atoms with Crippen LogP contribution in [-0.4, -0.2) is 27.2 Å². The Morgan fingerprint density at radius 2 is 1.95 bits per heavy atom. The molecule has 0 saturated heterocycles. The van der Waals surface area contributed by atoms with Crippen molar-refractivity contribution >= 4 is 17.7 Å². The summed E-state index contributed by atoms with van der Waals surface area (Å²) in [6, 6.07) is 0. The van der Waals surface area contributed by atoms with Gasteiger partial charge in [-0.3, -0.25) is 14.7 Å². The SMILES string of the molecule is Cc1[nH]nc(NC(=O)[C@@H]2CC=CC[C@@H]2C(=O)O)c1C. The molecule has 6 heteroatoms. The molecule has 2 atom stereocenters. The molecule has 0 unspecified atom stereocenters. The van der Waals surface area contributed by atoms with Crippen LogP contribution in [0.25, 0.3) is 0 Å². The molecule has 1 aliphatic rings. The molecule has 19 heavy (non-hydrogen) atoms. The van der Waals surface area contributed by atoms with Crippen molar-refractivity contribution < 1.29 is 14.7 Å². The molecule has 0 saturated carbocycles. The highest BCUT2D eigenvalue weighted by molar-refractivity contribution is 5.95. The van der Waals surface area contributed by atoms with E-state index >= 15 is 0 Å². The monoisotopic (exact) mass is 263 g/mol. The van der Waals surface area contributed by atoms with E-state index < -0.39 is 17.8 Å². The number of hydrogen-bond donors (Lipinski definition) is 3. The second kappa shape index (κ2) is 5.26. The Hall–Kier alpha value is -2.11. The Morgan fingerprint density at radius 1 is 1.32 bits per heavy atom. The smallest absolute Gasteiger partial charge is 0.307 e. The van der Waals surface area contributed by atoms with E-state index in [4.69, 9.17) is 5.11 Å². The summed E-state index contributed by atoms with van der Waals surface area (Å²) in [5.74, 6) is -1.95. The third kappa shape index (κ3) is 2.67. The van der Waals surface area contributed by atoms with E-state index in [9.17, 15) is 9.59 Å². The van der Waals surface area contributed by atoms with Crippen LogP contribution < -0.4 is 5.32 Å². The van der Waals surface area contributed by atoms with Crippen LogP contribution in [0.15, 0.2) is 12.2 Å². The predicted octanol–water partition coefficient (Wildman–Crippen LogP) is 1.63. The number of carbonyl (C=O) groups is 2. The topological polar surface area (TPSA) is 95.1 Å². The van der Waals surface area contributed by atoms with Gasteiger partial charge in [0.25, 0.3) is 0 Å². The fraction of sp³-hybridized carbons (Fsp3) is 0.462. The van der Waals surface area contributed by atoms with E-state index in [2.05, 4.69) is 15.5 Å². The molecule has 0 aliphatic heterocycles. The number of hydrogen-bond acceptors (Lipinski definition) is 3. The van der Waals surface area contributed by atoms with Crippen molar-refractivity contribution in [1.82, 2.24) is 10.2 Å². The largest absolute Gasteiger partial charge is 0.481 e. The van der Waals surface area contributed by atoms with Crippen LogP contribution in [0.4, 0.5) is 5.82 Å². The lowest BCUT2D eigenvalue weighted by Crippen LogP contribution is -2.34. The molecule has 0 aromatic carbocycles. The number of carbonyl (C=O) groups excluding carboxylic acids is 1. The van der Waals surface area contributed by atoms with Crippen molar-refractivity contribution in [3.8, 4) is 0 Å². The zero-order valence-electron chi connectivity index (χ0n) is 10.9. The van der Waals surface area contributed by atoms with Gasteiger partial charge >= 0.3 is 5.97 Å². The molecule has 2 rings (SSSR count). The third-order valence-electron chi connectivity index (χ3n) is 3.58. The molecule has 1 amide bonds. The molecule has 1 heterocycles. The minimum absolute atomic E-state index is 0.286. The minimum atomic E-state index is -0.931. The first kappa shape index (κ1) is 13.3. The van der Waals surface area contributed by atoms with E-state index in [1.54, 1.807) is 0 Å². The van der Waals surface area contributed by atoms with E-state index in [1.807, 2.05) is 26.0 Å². The Balaban J connectivity index is 2.12. The number of aliphatic carboxylic acids is 1. The molecule has 6 nitrogen and oxygen atoms in total. The van der Waals surface area contributed by atoms with E-state index in [0.29, 0.717) is 18.7 Å². The molecule has 0 spiro atoms. The molecule has 0 radical (unpaired) electrons. The lowest BCUT2D eigenvalue weighted by atomic mass is 9.82. The number of aromatic nitrogens is 2. The van der Waals surface area contributed by atoms with Gasteiger partial charge in [-0.25, -0.2) is 0 Å². The number of nitrogens with one attached hydrogen (secondary N) is 2. The summed E-state index contributed by atoms with van der Waals surface area (Å²) in [5.41, 5.74) is 1.75. The number of allylic oxidation sites excluding steroid dienone is 2. The minimum Gasteiger partial charge on any atom is -0.481 e. The maximum atomic E-state index is 12.2. The zero-order chi connectivity index (χ0) is 14.0. The Morgan fingerprint density at radius 3 is 2.47 bits per heavy atom. The summed E-state index contributed by atoms with van der Waals surface area (Å²) in [5, 5.41) is 18.6. The number of carboxylic acid groups (broad SMARTS) is 1. The van der Waals surface area contributed by atoms with Crippen molar-refractivity contribution in [2.75, 3.05) is 5.32 Å². The first-order valence-electron chi connectivity index (χ1n) is 6.21. The summed E-state index contributed by atoms with van der Waals surface area (Å²) in [4.78, 5) is 23.3. The third-order valence-corrected chi connectivity index (χ3v) is 3.58. The van der Waals surface area contributed by atoms with Gasteiger partial charge in [-0.05, 0) is 26.7 Å². The summed E-state index contributed by atoms with van der Waals surface area (Å²) in [6.07, 6.45) is 4.51. The van der Waals surface area contributed by atoms with Gasteiger partial charge in [0.05, 0.1) is 11.8 Å². The van der Waals surface area contributed by atoms with Gasteiger partial charge in [0, 0.05) is 11.3 Å². The molecule has 102 valence electrons. The standard InChI is InChI=1S/C13H17N3O3/c1-7-8(2)15-16-11(7)14-12(17)9-5-3-4-6-10(9)13(18)19/h3-4,9-10H,5-6H2,1-2H3,(H,18,19)(H2,14,15,16,17)/t9-,10+/m1/s1. The number of nitrogens with zero attached hydrogens (tertiary/aromatic N) is 1. The first-order valence-corrected chi connectivity index (χ1v) is 6.21. The zero-order valence-corrected chi connectivity index (χ0v) is 10.9. The molecular formula is C13H17N3O3. The van der Waals surface area contributed by atoms with Crippen molar-refractivity contribution in [3.05, 3.63) is 23.4 Å². The molecule has 0 fully saturated rings. The average molecular weight is 263 g/mol. The van der Waals surface area contributed by atoms with Gasteiger partial charge in [0.2, 0.25) is 5.91 Å². The van der Waals surface area contributed by atoms with Crippen molar-refractivity contribution in [1.29, 1.82) is 0 Å². The van der Waals surface area contributed by atoms with Crippen molar-refractivity contribution in [2.45, 2.75) is 26.7 Å². The number of rotatable bonds is 3. The summed E-state index contributed by atoms with van der Waals surface area (Å²) in [7, 11) is 0. The van der Waals surface area contributed by atoms with Crippen LogP contribution in [0.2, 0.25) is 0 Å². The lowest BCUT2D eigenvalue weighted by Gasteiger charge is -2.23. The fourth-order valence-corrected chi connectivity index (χ4v) is 2.19. The molecule has 1 aliphatic carbocycles. The quantitative estimate of drug-likeness (QED) is 0.722. The number of carboxylic acids is 1. The first-order chi connectivity index (χ1) is 9.00. The molecule has 0 bridgehead atoms. The number of aryl methyl sites for hydroxylation is 1. The van der Waals surface area contributed by atoms with Crippen LogP contribution in [0.5, 0.6) is 0 Å². The second-order valence-corrected chi connectivity index (χ2v) is 4.81. The van der Waals surface area contributed by atoms with E-state index in [-0.39, 0.29) is 5.91 Å². The molecule has 3 N–H and O–H groups in total. The Labute approximate surface area is 110 Å². The van der Waals surface area contributed by atoms with Gasteiger partial charge in [-0.1, -0.05) is 12.2 Å². The van der Waals surface area contributed by atoms with Crippen LogP contribution >= 0.6 is 0 Å². The van der Waals surface area contributed by atoms with Gasteiger partial charge < -0.3 is 10.4 Å². The highest BCUT2D eigenvalue weighted by atomic mass is 16.4. The van der Waals surface area contributed by atoms with Crippen LogP contribution in [0.3, 0.4) is 0 Å². The van der Waals surface area contributed by atoms with Crippen molar-refractivity contribution in [2.24, 2.45) is 11.8 Å². The van der Waals surface area contributed by atoms with Gasteiger partial charge in [0.15, 0.2) is 5.82 Å². The Bertz CT molecular complexity index is 533. The molecular weight excluding hydrogens is 246 g/mol. The summed E-state index contributed by atoms with van der Waals surface area (Å²) >= 11 is 0. The maximum Gasteiger partial charge on any atom is 0.307 e. The van der Waals surface area contributed by atoms with Crippen LogP contribution in [0, 0.1) is 25.7 Å². The van der Waals surface area contributed by atoms with Crippen LogP contribution in [-0.2, 0) is 9.59 Å². The average Bonchev–Trinajstić information content (AvgIpc) is 2.70. The lowest BCUT2D eigenvalue weighted by molar-refractivity contribution is -0.146.